The molecule has 1 aromatic rings. The molecule has 0 radical (unpaired) electrons. The Morgan fingerprint density at radius 1 is 1.24 bits per heavy atom. The van der Waals surface area contributed by atoms with Gasteiger partial charge in [-0.2, -0.15) is 0 Å². The zero-order chi connectivity index (χ0) is 12.5. The van der Waals surface area contributed by atoms with Gasteiger partial charge in [-0.15, -0.1) is 0 Å². The van der Waals surface area contributed by atoms with Crippen molar-refractivity contribution < 1.29 is 4.74 Å². The monoisotopic (exact) mass is 234 g/mol. The lowest BCUT2D eigenvalue weighted by molar-refractivity contribution is 0.332. The van der Waals surface area contributed by atoms with Crippen molar-refractivity contribution in [1.82, 2.24) is 0 Å². The first-order valence-electron chi connectivity index (χ1n) is 6.19. The molecule has 0 aliphatic carbocycles. The van der Waals surface area contributed by atoms with Gasteiger partial charge in [0.05, 0.1) is 18.5 Å². The maximum Gasteiger partial charge on any atom is 0.121 e. The molecule has 1 heterocycles. The number of ether oxygens (including phenoxy) is 1. The zero-order valence-electron chi connectivity index (χ0n) is 11.1. The Morgan fingerprint density at radius 2 is 2.00 bits per heavy atom. The fourth-order valence-electron chi connectivity index (χ4n) is 2.18. The molecule has 1 aromatic carbocycles. The molecule has 0 bridgehead atoms. The third-order valence-electron chi connectivity index (χ3n) is 3.35. The number of methoxy groups -OCH3 is 1. The van der Waals surface area contributed by atoms with E-state index >= 15 is 0 Å². The molecule has 1 unspecified atom stereocenters. The minimum atomic E-state index is 0.256. The van der Waals surface area contributed by atoms with Crippen LogP contribution < -0.4 is 15.4 Å². The fraction of sp³-hybridized carbons (Fsp3) is 0.571. The molecule has 3 heteroatoms. The van der Waals surface area contributed by atoms with Crippen LogP contribution in [0.1, 0.15) is 27.2 Å². The lowest BCUT2D eigenvalue weighted by Crippen LogP contribution is -2.34. The Hall–Kier alpha value is -1.38. The van der Waals surface area contributed by atoms with Crippen LogP contribution in [-0.4, -0.2) is 19.7 Å². The van der Waals surface area contributed by atoms with Gasteiger partial charge in [0.2, 0.25) is 0 Å². The smallest absolute Gasteiger partial charge is 0.121 e. The minimum absolute atomic E-state index is 0.256. The van der Waals surface area contributed by atoms with Crippen LogP contribution in [-0.2, 0) is 0 Å². The van der Waals surface area contributed by atoms with Crippen LogP contribution in [0, 0.1) is 5.41 Å². The molecule has 1 aliphatic heterocycles. The van der Waals surface area contributed by atoms with Gasteiger partial charge in [-0.05, 0) is 24.0 Å². The second-order valence-corrected chi connectivity index (χ2v) is 5.69. The largest absolute Gasteiger partial charge is 0.497 e. The lowest BCUT2D eigenvalue weighted by atomic mass is 9.85. The van der Waals surface area contributed by atoms with Crippen molar-refractivity contribution in [2.75, 3.05) is 24.3 Å². The summed E-state index contributed by atoms with van der Waals surface area (Å²) < 4.78 is 5.27. The highest BCUT2D eigenvalue weighted by molar-refractivity contribution is 5.72. The summed E-state index contributed by atoms with van der Waals surface area (Å²) in [6.45, 7) is 7.83. The molecule has 0 saturated carbocycles. The van der Waals surface area contributed by atoms with Crippen molar-refractivity contribution in [2.24, 2.45) is 5.41 Å². The number of hydrogen-bond acceptors (Lipinski definition) is 3. The molecule has 2 N–H and O–H groups in total. The number of nitrogens with one attached hydrogen (secondary N) is 2. The first-order valence-corrected chi connectivity index (χ1v) is 6.19. The Labute approximate surface area is 104 Å². The van der Waals surface area contributed by atoms with Crippen molar-refractivity contribution in [1.29, 1.82) is 0 Å². The molecular weight excluding hydrogens is 212 g/mol. The van der Waals surface area contributed by atoms with Crippen molar-refractivity contribution in [3.63, 3.8) is 0 Å². The number of rotatable bonds is 1. The predicted molar refractivity (Wildman–Crippen MR) is 73.0 cm³/mol. The molecule has 17 heavy (non-hydrogen) atoms. The fourth-order valence-corrected chi connectivity index (χ4v) is 2.18. The molecule has 0 aromatic heterocycles. The van der Waals surface area contributed by atoms with Gasteiger partial charge in [-0.25, -0.2) is 0 Å². The van der Waals surface area contributed by atoms with E-state index < -0.39 is 0 Å². The van der Waals surface area contributed by atoms with Crippen LogP contribution in [0.5, 0.6) is 5.75 Å². The molecule has 94 valence electrons. The van der Waals surface area contributed by atoms with Crippen molar-refractivity contribution >= 4 is 11.4 Å². The normalized spacial score (nSPS) is 19.6. The van der Waals surface area contributed by atoms with Gasteiger partial charge >= 0.3 is 0 Å². The van der Waals surface area contributed by atoms with E-state index in [2.05, 4.69) is 43.5 Å². The number of anilines is 2. The molecule has 1 aliphatic rings. The van der Waals surface area contributed by atoms with Gasteiger partial charge in [0.25, 0.3) is 0 Å². The van der Waals surface area contributed by atoms with E-state index in [-0.39, 0.29) is 5.41 Å². The summed E-state index contributed by atoms with van der Waals surface area (Å²) in [7, 11) is 1.70. The highest BCUT2D eigenvalue weighted by Crippen LogP contribution is 2.34. The molecule has 0 saturated heterocycles. The first kappa shape index (κ1) is 12.1. The van der Waals surface area contributed by atoms with E-state index in [0.29, 0.717) is 6.04 Å². The van der Waals surface area contributed by atoms with Gasteiger partial charge < -0.3 is 15.4 Å². The Morgan fingerprint density at radius 3 is 2.65 bits per heavy atom. The molecule has 1 atom stereocenters. The van der Waals surface area contributed by atoms with E-state index in [1.54, 1.807) is 7.11 Å². The summed E-state index contributed by atoms with van der Waals surface area (Å²) in [4.78, 5) is 0. The highest BCUT2D eigenvalue weighted by atomic mass is 16.5. The third kappa shape index (κ3) is 2.65. The van der Waals surface area contributed by atoms with E-state index in [4.69, 9.17) is 4.74 Å². The van der Waals surface area contributed by atoms with Crippen LogP contribution in [0.15, 0.2) is 18.2 Å². The van der Waals surface area contributed by atoms with Gasteiger partial charge in [0.1, 0.15) is 5.75 Å². The molecule has 0 amide bonds. The highest BCUT2D eigenvalue weighted by Gasteiger charge is 2.26. The second kappa shape index (κ2) is 4.47. The van der Waals surface area contributed by atoms with Crippen molar-refractivity contribution in [3.8, 4) is 5.75 Å². The third-order valence-corrected chi connectivity index (χ3v) is 3.35. The van der Waals surface area contributed by atoms with E-state index in [1.807, 2.05) is 6.07 Å². The molecule has 2 rings (SSSR count). The van der Waals surface area contributed by atoms with Crippen LogP contribution in [0.25, 0.3) is 0 Å². The summed E-state index contributed by atoms with van der Waals surface area (Å²) in [5, 5.41) is 7.09. The topological polar surface area (TPSA) is 33.3 Å². The Bertz CT molecular complexity index is 396. The number of fused-ring (bicyclic) bond motifs is 1. The summed E-state index contributed by atoms with van der Waals surface area (Å²) >= 11 is 0. The van der Waals surface area contributed by atoms with Crippen LogP contribution in [0.3, 0.4) is 0 Å². The second-order valence-electron chi connectivity index (χ2n) is 5.69. The minimum Gasteiger partial charge on any atom is -0.497 e. The van der Waals surface area contributed by atoms with Crippen molar-refractivity contribution in [2.45, 2.75) is 33.2 Å². The SMILES string of the molecule is COc1ccc2c(c1)NC(C(C)(C)C)CCN2. The van der Waals surface area contributed by atoms with E-state index in [9.17, 15) is 0 Å². The number of benzene rings is 1. The molecule has 0 spiro atoms. The van der Waals surface area contributed by atoms with Crippen LogP contribution in [0.2, 0.25) is 0 Å². The quantitative estimate of drug-likeness (QED) is 0.782. The van der Waals surface area contributed by atoms with Gasteiger partial charge in [0.15, 0.2) is 0 Å². The first-order chi connectivity index (χ1) is 8.00. The molecule has 0 fully saturated rings. The molecule has 3 nitrogen and oxygen atoms in total. The predicted octanol–water partition coefficient (Wildman–Crippen LogP) is 3.34. The average molecular weight is 234 g/mol. The van der Waals surface area contributed by atoms with Gasteiger partial charge in [0, 0.05) is 18.7 Å². The molecular formula is C14H22N2O. The summed E-state index contributed by atoms with van der Waals surface area (Å²) in [6.07, 6.45) is 1.13. The van der Waals surface area contributed by atoms with E-state index in [0.717, 1.165) is 30.1 Å². The summed E-state index contributed by atoms with van der Waals surface area (Å²) in [6, 6.07) is 6.60. The van der Waals surface area contributed by atoms with Gasteiger partial charge in [-0.1, -0.05) is 20.8 Å². The maximum atomic E-state index is 5.27. The van der Waals surface area contributed by atoms with Gasteiger partial charge in [-0.3, -0.25) is 0 Å². The summed E-state index contributed by atoms with van der Waals surface area (Å²) in [5.41, 5.74) is 2.56. The van der Waals surface area contributed by atoms with Crippen molar-refractivity contribution in [3.05, 3.63) is 18.2 Å². The maximum absolute atomic E-state index is 5.27. The Balaban J connectivity index is 2.29. The van der Waals surface area contributed by atoms with Crippen LogP contribution in [0.4, 0.5) is 11.4 Å². The van der Waals surface area contributed by atoms with Crippen LogP contribution >= 0.6 is 0 Å². The lowest BCUT2D eigenvalue weighted by Gasteiger charge is -2.31. The standard InChI is InChI=1S/C14H22N2O/c1-14(2,3)13-7-8-15-11-6-5-10(17-4)9-12(11)16-13/h5-6,9,13,15-16H,7-8H2,1-4H3. The average Bonchev–Trinajstić information content (AvgIpc) is 2.49. The number of hydrogen-bond donors (Lipinski definition) is 2. The van der Waals surface area contributed by atoms with E-state index in [1.165, 1.54) is 0 Å². The Kier molecular flexibility index (Phi) is 3.18. The summed E-state index contributed by atoms with van der Waals surface area (Å²) in [5.74, 6) is 0.896. The zero-order valence-corrected chi connectivity index (χ0v) is 11.1.